The van der Waals surface area contributed by atoms with E-state index in [2.05, 4.69) is 47.7 Å². The summed E-state index contributed by atoms with van der Waals surface area (Å²) in [6, 6.07) is 0. The van der Waals surface area contributed by atoms with E-state index in [-0.39, 0.29) is 24.0 Å². The number of aromatic nitrogens is 1. The summed E-state index contributed by atoms with van der Waals surface area (Å²) >= 11 is 1.75. The lowest BCUT2D eigenvalue weighted by Crippen LogP contribution is -2.39. The second kappa shape index (κ2) is 12.0. The molecule has 0 amide bonds. The number of aliphatic imine (C=N–C) groups is 1. The molecule has 0 aromatic carbocycles. The van der Waals surface area contributed by atoms with Crippen molar-refractivity contribution in [2.24, 2.45) is 4.99 Å². The van der Waals surface area contributed by atoms with E-state index in [1.165, 1.54) is 4.88 Å². The zero-order valence-electron chi connectivity index (χ0n) is 13.3. The van der Waals surface area contributed by atoms with Gasteiger partial charge in [-0.1, -0.05) is 13.0 Å². The second-order valence-corrected chi connectivity index (χ2v) is 5.80. The Balaban J connectivity index is 0.00000400. The summed E-state index contributed by atoms with van der Waals surface area (Å²) in [6.07, 6.45) is 7.09. The molecule has 1 N–H and O–H groups in total. The third kappa shape index (κ3) is 7.80. The van der Waals surface area contributed by atoms with E-state index in [1.807, 2.05) is 12.3 Å². The van der Waals surface area contributed by atoms with Crippen LogP contribution in [0.3, 0.4) is 0 Å². The molecule has 1 aromatic rings. The SMILES string of the molecule is C=CCCCN(C)C(=NCc1ncc(CC)s1)NCC.I. The summed E-state index contributed by atoms with van der Waals surface area (Å²) < 4.78 is 0. The van der Waals surface area contributed by atoms with Crippen LogP contribution in [0.5, 0.6) is 0 Å². The van der Waals surface area contributed by atoms with Crippen molar-refractivity contribution < 1.29 is 0 Å². The predicted octanol–water partition coefficient (Wildman–Crippen LogP) is 3.69. The molecule has 1 heterocycles. The minimum Gasteiger partial charge on any atom is -0.357 e. The van der Waals surface area contributed by atoms with Crippen LogP contribution in [0.1, 0.15) is 36.6 Å². The van der Waals surface area contributed by atoms with Crippen LogP contribution in [0, 0.1) is 0 Å². The van der Waals surface area contributed by atoms with Gasteiger partial charge in [0.2, 0.25) is 0 Å². The Morgan fingerprint density at radius 2 is 2.29 bits per heavy atom. The first kappa shape index (κ1) is 20.4. The van der Waals surface area contributed by atoms with Crippen LogP contribution in [-0.4, -0.2) is 36.0 Å². The topological polar surface area (TPSA) is 40.5 Å². The van der Waals surface area contributed by atoms with Crippen molar-refractivity contribution in [1.29, 1.82) is 0 Å². The third-order valence-electron chi connectivity index (χ3n) is 2.91. The van der Waals surface area contributed by atoms with Crippen molar-refractivity contribution in [3.63, 3.8) is 0 Å². The summed E-state index contributed by atoms with van der Waals surface area (Å²) in [5.74, 6) is 0.949. The number of hydrogen-bond acceptors (Lipinski definition) is 3. The number of halogens is 1. The molecule has 0 radical (unpaired) electrons. The van der Waals surface area contributed by atoms with Crippen molar-refractivity contribution in [1.82, 2.24) is 15.2 Å². The molecule has 120 valence electrons. The second-order valence-electron chi connectivity index (χ2n) is 4.60. The molecule has 1 rings (SSSR count). The quantitative estimate of drug-likeness (QED) is 0.228. The minimum absolute atomic E-state index is 0. The molecule has 0 atom stereocenters. The Morgan fingerprint density at radius 3 is 2.86 bits per heavy atom. The number of rotatable bonds is 8. The van der Waals surface area contributed by atoms with Gasteiger partial charge in [-0.25, -0.2) is 9.98 Å². The van der Waals surface area contributed by atoms with Crippen LogP contribution in [-0.2, 0) is 13.0 Å². The molecule has 0 unspecified atom stereocenters. The van der Waals surface area contributed by atoms with Gasteiger partial charge in [0.15, 0.2) is 5.96 Å². The molecule has 1 aromatic heterocycles. The number of nitrogens with zero attached hydrogens (tertiary/aromatic N) is 3. The Kier molecular flexibility index (Phi) is 11.6. The van der Waals surface area contributed by atoms with Gasteiger partial charge >= 0.3 is 0 Å². The fourth-order valence-corrected chi connectivity index (χ4v) is 2.56. The molecule has 0 bridgehead atoms. The molecule has 6 heteroatoms. The van der Waals surface area contributed by atoms with Gasteiger partial charge in [-0.2, -0.15) is 0 Å². The van der Waals surface area contributed by atoms with Gasteiger partial charge in [0, 0.05) is 31.2 Å². The molecular weight excluding hydrogens is 395 g/mol. The average Bonchev–Trinajstić information content (AvgIpc) is 2.91. The summed E-state index contributed by atoms with van der Waals surface area (Å²) in [6.45, 7) is 10.5. The number of unbranched alkanes of at least 4 members (excludes halogenated alkanes) is 1. The van der Waals surface area contributed by atoms with Crippen molar-refractivity contribution in [3.8, 4) is 0 Å². The lowest BCUT2D eigenvalue weighted by atomic mass is 10.3. The average molecular weight is 422 g/mol. The van der Waals surface area contributed by atoms with Gasteiger partial charge in [0.1, 0.15) is 5.01 Å². The van der Waals surface area contributed by atoms with Crippen LogP contribution in [0.2, 0.25) is 0 Å². The Morgan fingerprint density at radius 1 is 1.52 bits per heavy atom. The van der Waals surface area contributed by atoms with Crippen LogP contribution in [0.25, 0.3) is 0 Å². The van der Waals surface area contributed by atoms with Gasteiger partial charge in [-0.3, -0.25) is 0 Å². The van der Waals surface area contributed by atoms with Gasteiger partial charge in [-0.05, 0) is 26.2 Å². The summed E-state index contributed by atoms with van der Waals surface area (Å²) in [7, 11) is 2.07. The zero-order valence-corrected chi connectivity index (χ0v) is 16.4. The predicted molar refractivity (Wildman–Crippen MR) is 104 cm³/mol. The molecule has 0 aliphatic carbocycles. The van der Waals surface area contributed by atoms with Crippen LogP contribution >= 0.6 is 35.3 Å². The lowest BCUT2D eigenvalue weighted by Gasteiger charge is -2.21. The lowest BCUT2D eigenvalue weighted by molar-refractivity contribution is 0.470. The molecule has 0 aliphatic rings. The molecule has 0 spiro atoms. The highest BCUT2D eigenvalue weighted by molar-refractivity contribution is 14.0. The van der Waals surface area contributed by atoms with Crippen molar-refractivity contribution in [3.05, 3.63) is 28.7 Å². The molecule has 21 heavy (non-hydrogen) atoms. The molecule has 0 aliphatic heterocycles. The fraction of sp³-hybridized carbons (Fsp3) is 0.600. The molecule has 4 nitrogen and oxygen atoms in total. The summed E-state index contributed by atoms with van der Waals surface area (Å²) in [4.78, 5) is 12.6. The number of allylic oxidation sites excluding steroid dienone is 1. The number of nitrogens with one attached hydrogen (secondary N) is 1. The van der Waals surface area contributed by atoms with E-state index in [4.69, 9.17) is 0 Å². The van der Waals surface area contributed by atoms with E-state index < -0.39 is 0 Å². The van der Waals surface area contributed by atoms with Gasteiger partial charge in [0.05, 0.1) is 6.54 Å². The Labute approximate surface area is 149 Å². The van der Waals surface area contributed by atoms with Crippen LogP contribution in [0.4, 0.5) is 0 Å². The normalized spacial score (nSPS) is 10.9. The maximum absolute atomic E-state index is 4.66. The first-order valence-electron chi connectivity index (χ1n) is 7.25. The van der Waals surface area contributed by atoms with Gasteiger partial charge < -0.3 is 10.2 Å². The van der Waals surface area contributed by atoms with Crippen LogP contribution < -0.4 is 5.32 Å². The number of thiazole rings is 1. The number of guanidine groups is 1. The van der Waals surface area contributed by atoms with E-state index >= 15 is 0 Å². The van der Waals surface area contributed by atoms with Crippen LogP contribution in [0.15, 0.2) is 23.8 Å². The molecular formula is C15H27IN4S. The van der Waals surface area contributed by atoms with Gasteiger partial charge in [0.25, 0.3) is 0 Å². The first-order chi connectivity index (χ1) is 9.71. The van der Waals surface area contributed by atoms with E-state index in [0.717, 1.165) is 43.3 Å². The maximum atomic E-state index is 4.66. The van der Waals surface area contributed by atoms with Gasteiger partial charge in [-0.15, -0.1) is 41.9 Å². The Bertz CT molecular complexity index is 431. The van der Waals surface area contributed by atoms with Crippen molar-refractivity contribution in [2.45, 2.75) is 39.7 Å². The molecule has 0 fully saturated rings. The standard InChI is InChI=1S/C15H26N4S.HI/c1-5-8-9-10-19(4)15(16-7-3)18-12-14-17-11-13(6-2)20-14;/h5,11H,1,6-10,12H2,2-4H3,(H,16,18);1H. The smallest absolute Gasteiger partial charge is 0.194 e. The zero-order chi connectivity index (χ0) is 14.8. The molecule has 0 saturated heterocycles. The third-order valence-corrected chi connectivity index (χ3v) is 4.04. The highest BCUT2D eigenvalue weighted by Gasteiger charge is 2.06. The number of hydrogen-bond donors (Lipinski definition) is 1. The maximum Gasteiger partial charge on any atom is 0.194 e. The van der Waals surface area contributed by atoms with Crippen molar-refractivity contribution >= 4 is 41.3 Å². The van der Waals surface area contributed by atoms with E-state index in [1.54, 1.807) is 11.3 Å². The fourth-order valence-electron chi connectivity index (χ4n) is 1.78. The first-order valence-corrected chi connectivity index (χ1v) is 8.06. The van der Waals surface area contributed by atoms with E-state index in [9.17, 15) is 0 Å². The summed E-state index contributed by atoms with van der Waals surface area (Å²) in [5.41, 5.74) is 0. The largest absolute Gasteiger partial charge is 0.357 e. The van der Waals surface area contributed by atoms with E-state index in [0.29, 0.717) is 6.54 Å². The summed E-state index contributed by atoms with van der Waals surface area (Å²) in [5, 5.41) is 4.41. The Hall–Kier alpha value is -0.630. The molecule has 0 saturated carbocycles. The highest BCUT2D eigenvalue weighted by atomic mass is 127. The monoisotopic (exact) mass is 422 g/mol. The highest BCUT2D eigenvalue weighted by Crippen LogP contribution is 2.14. The minimum atomic E-state index is 0. The number of aryl methyl sites for hydroxylation is 1. The van der Waals surface area contributed by atoms with Crippen molar-refractivity contribution in [2.75, 3.05) is 20.1 Å².